The van der Waals surface area contributed by atoms with Gasteiger partial charge in [0.2, 0.25) is 5.91 Å². The van der Waals surface area contributed by atoms with Gasteiger partial charge in [-0.15, -0.1) is 0 Å². The second-order valence-electron chi connectivity index (χ2n) is 5.72. The van der Waals surface area contributed by atoms with Crippen molar-refractivity contribution >= 4 is 11.6 Å². The molecular formula is C16H23N3O2. The lowest BCUT2D eigenvalue weighted by Gasteiger charge is -2.35. The molecule has 2 aliphatic rings. The highest BCUT2D eigenvalue weighted by Crippen LogP contribution is 2.22. The number of ether oxygens (including phenoxy) is 1. The van der Waals surface area contributed by atoms with E-state index in [-0.39, 0.29) is 5.91 Å². The second kappa shape index (κ2) is 6.35. The molecule has 114 valence electrons. The van der Waals surface area contributed by atoms with Crippen LogP contribution in [0.15, 0.2) is 24.3 Å². The predicted molar refractivity (Wildman–Crippen MR) is 82.8 cm³/mol. The van der Waals surface area contributed by atoms with Crippen LogP contribution in [-0.4, -0.2) is 56.2 Å². The van der Waals surface area contributed by atoms with Gasteiger partial charge in [-0.2, -0.15) is 0 Å². The number of anilines is 1. The number of carbonyl (C=O) groups excluding carboxylic acids is 1. The zero-order valence-electron chi connectivity index (χ0n) is 12.5. The van der Waals surface area contributed by atoms with Crippen LogP contribution in [0.4, 0.5) is 5.69 Å². The maximum absolute atomic E-state index is 11.3. The Kier molecular flexibility index (Phi) is 4.29. The Morgan fingerprint density at radius 3 is 2.48 bits per heavy atom. The van der Waals surface area contributed by atoms with E-state index in [0.29, 0.717) is 6.10 Å². The van der Waals surface area contributed by atoms with Gasteiger partial charge < -0.3 is 19.9 Å². The van der Waals surface area contributed by atoms with Crippen LogP contribution in [0.5, 0.6) is 5.75 Å². The molecule has 0 aliphatic carbocycles. The minimum atomic E-state index is 0.170. The maximum atomic E-state index is 11.3. The van der Waals surface area contributed by atoms with E-state index < -0.39 is 0 Å². The molecule has 0 bridgehead atoms. The molecule has 1 amide bonds. The Morgan fingerprint density at radius 2 is 1.90 bits per heavy atom. The van der Waals surface area contributed by atoms with Gasteiger partial charge in [-0.05, 0) is 37.2 Å². The molecular weight excluding hydrogens is 266 g/mol. The highest BCUT2D eigenvalue weighted by molar-refractivity contribution is 5.73. The van der Waals surface area contributed by atoms with Gasteiger partial charge in [0.15, 0.2) is 0 Å². The summed E-state index contributed by atoms with van der Waals surface area (Å²) in [6.07, 6.45) is 1.38. The van der Waals surface area contributed by atoms with Gasteiger partial charge in [-0.25, -0.2) is 0 Å². The minimum Gasteiger partial charge on any atom is -0.489 e. The lowest BCUT2D eigenvalue weighted by molar-refractivity contribution is -0.129. The van der Waals surface area contributed by atoms with Gasteiger partial charge in [-0.3, -0.25) is 4.79 Å². The van der Waals surface area contributed by atoms with Gasteiger partial charge in [0.05, 0.1) is 0 Å². The largest absolute Gasteiger partial charge is 0.489 e. The first-order valence-corrected chi connectivity index (χ1v) is 7.70. The van der Waals surface area contributed by atoms with Crippen molar-refractivity contribution in [1.82, 2.24) is 10.2 Å². The number of carbonyl (C=O) groups is 1. The first-order chi connectivity index (χ1) is 10.2. The summed E-state index contributed by atoms with van der Waals surface area (Å²) in [5.41, 5.74) is 1.20. The Morgan fingerprint density at radius 1 is 1.19 bits per heavy atom. The average molecular weight is 289 g/mol. The van der Waals surface area contributed by atoms with Crippen LogP contribution in [0.25, 0.3) is 0 Å². The molecule has 0 spiro atoms. The molecule has 5 nitrogen and oxygen atoms in total. The minimum absolute atomic E-state index is 0.170. The first kappa shape index (κ1) is 14.2. The summed E-state index contributed by atoms with van der Waals surface area (Å²) < 4.78 is 5.93. The van der Waals surface area contributed by atoms with Crippen molar-refractivity contribution in [1.29, 1.82) is 0 Å². The van der Waals surface area contributed by atoms with Gasteiger partial charge in [0.1, 0.15) is 11.9 Å². The number of hydrogen-bond acceptors (Lipinski definition) is 4. The zero-order valence-corrected chi connectivity index (χ0v) is 12.5. The number of benzene rings is 1. The van der Waals surface area contributed by atoms with Crippen LogP contribution in [0.2, 0.25) is 0 Å². The molecule has 1 N–H and O–H groups in total. The van der Waals surface area contributed by atoms with E-state index >= 15 is 0 Å². The lowest BCUT2D eigenvalue weighted by Crippen LogP contribution is -2.48. The number of piperazine rings is 1. The molecule has 2 aliphatic heterocycles. The Labute approximate surface area is 125 Å². The Hall–Kier alpha value is -1.75. The highest BCUT2D eigenvalue weighted by Gasteiger charge is 2.19. The third-order valence-corrected chi connectivity index (χ3v) is 4.24. The fraction of sp³-hybridized carbons (Fsp3) is 0.562. The number of rotatable bonds is 3. The lowest BCUT2D eigenvalue weighted by atomic mass is 10.2. The molecule has 0 radical (unpaired) electrons. The Balaban J connectivity index is 1.55. The maximum Gasteiger partial charge on any atom is 0.219 e. The summed E-state index contributed by atoms with van der Waals surface area (Å²) in [7, 11) is 0. The van der Waals surface area contributed by atoms with E-state index in [0.717, 1.165) is 51.4 Å². The summed E-state index contributed by atoms with van der Waals surface area (Å²) >= 11 is 0. The monoisotopic (exact) mass is 289 g/mol. The van der Waals surface area contributed by atoms with Crippen LogP contribution in [0.3, 0.4) is 0 Å². The van der Waals surface area contributed by atoms with Crippen molar-refractivity contribution < 1.29 is 9.53 Å². The molecule has 2 saturated heterocycles. The number of nitrogens with zero attached hydrogens (tertiary/aromatic N) is 2. The summed E-state index contributed by atoms with van der Waals surface area (Å²) in [4.78, 5) is 15.6. The molecule has 0 aromatic heterocycles. The van der Waals surface area contributed by atoms with Crippen LogP contribution in [-0.2, 0) is 4.79 Å². The van der Waals surface area contributed by atoms with Crippen molar-refractivity contribution in [3.63, 3.8) is 0 Å². The molecule has 1 aromatic rings. The topological polar surface area (TPSA) is 44.8 Å². The van der Waals surface area contributed by atoms with Crippen molar-refractivity contribution in [2.45, 2.75) is 19.4 Å². The first-order valence-electron chi connectivity index (χ1n) is 7.70. The van der Waals surface area contributed by atoms with E-state index in [4.69, 9.17) is 4.74 Å². The van der Waals surface area contributed by atoms with Crippen LogP contribution in [0.1, 0.15) is 13.3 Å². The second-order valence-corrected chi connectivity index (χ2v) is 5.72. The van der Waals surface area contributed by atoms with Crippen molar-refractivity contribution in [3.05, 3.63) is 24.3 Å². The molecule has 1 aromatic carbocycles. The van der Waals surface area contributed by atoms with E-state index in [2.05, 4.69) is 22.3 Å². The zero-order chi connectivity index (χ0) is 14.7. The molecule has 21 heavy (non-hydrogen) atoms. The van der Waals surface area contributed by atoms with Gasteiger partial charge in [-0.1, -0.05) is 0 Å². The number of hydrogen-bond donors (Lipinski definition) is 1. The molecule has 2 fully saturated rings. The highest BCUT2D eigenvalue weighted by atomic mass is 16.5. The van der Waals surface area contributed by atoms with E-state index in [1.165, 1.54) is 5.69 Å². The van der Waals surface area contributed by atoms with Crippen LogP contribution >= 0.6 is 0 Å². The summed E-state index contributed by atoms with van der Waals surface area (Å²) in [5.74, 6) is 1.11. The van der Waals surface area contributed by atoms with Gasteiger partial charge >= 0.3 is 0 Å². The number of nitrogens with one attached hydrogen (secondary N) is 1. The van der Waals surface area contributed by atoms with Crippen molar-refractivity contribution in [3.8, 4) is 5.75 Å². The molecule has 2 heterocycles. The van der Waals surface area contributed by atoms with Gasteiger partial charge in [0, 0.05) is 45.3 Å². The van der Waals surface area contributed by atoms with Crippen LogP contribution < -0.4 is 15.0 Å². The summed E-state index contributed by atoms with van der Waals surface area (Å²) in [6, 6.07) is 8.32. The number of amides is 1. The molecule has 0 saturated carbocycles. The Bertz CT molecular complexity index is 475. The van der Waals surface area contributed by atoms with Crippen molar-refractivity contribution in [2.24, 2.45) is 0 Å². The molecule has 3 rings (SSSR count). The summed E-state index contributed by atoms with van der Waals surface area (Å²) in [5, 5.41) is 3.30. The third-order valence-electron chi connectivity index (χ3n) is 4.24. The smallest absolute Gasteiger partial charge is 0.219 e. The molecule has 0 unspecified atom stereocenters. The van der Waals surface area contributed by atoms with E-state index in [1.807, 2.05) is 17.0 Å². The van der Waals surface area contributed by atoms with Crippen LogP contribution in [0, 0.1) is 0 Å². The van der Waals surface area contributed by atoms with E-state index in [9.17, 15) is 4.79 Å². The van der Waals surface area contributed by atoms with Crippen molar-refractivity contribution in [2.75, 3.05) is 44.2 Å². The molecule has 1 atom stereocenters. The quantitative estimate of drug-likeness (QED) is 0.905. The fourth-order valence-electron chi connectivity index (χ4n) is 2.94. The van der Waals surface area contributed by atoms with E-state index in [1.54, 1.807) is 6.92 Å². The van der Waals surface area contributed by atoms with Gasteiger partial charge in [0.25, 0.3) is 0 Å². The fourth-order valence-corrected chi connectivity index (χ4v) is 2.94. The normalized spacial score (nSPS) is 22.4. The molecule has 5 heteroatoms. The average Bonchev–Trinajstić information content (AvgIpc) is 3.01. The third kappa shape index (κ3) is 3.47. The standard InChI is InChI=1S/C16H23N3O2/c1-13(20)18-8-10-19(11-9-18)14-2-4-15(5-3-14)21-16-6-7-17-12-16/h2-5,16-17H,6-12H2,1H3/t16-/m1/s1. The predicted octanol–water partition coefficient (Wildman–Crippen LogP) is 1.10. The summed E-state index contributed by atoms with van der Waals surface area (Å²) in [6.45, 7) is 7.03. The SMILES string of the molecule is CC(=O)N1CCN(c2ccc(O[C@@H]3CCNC3)cc2)CC1.